The molecule has 0 aliphatic carbocycles. The van der Waals surface area contributed by atoms with Crippen molar-refractivity contribution in [2.75, 3.05) is 26.4 Å². The van der Waals surface area contributed by atoms with Gasteiger partial charge >= 0.3 is 0 Å². The average molecular weight is 201 g/mol. The first kappa shape index (κ1) is 12.4. The summed E-state index contributed by atoms with van der Waals surface area (Å²) in [6, 6.07) is 0. The molecule has 4 N–H and O–H groups in total. The van der Waals surface area contributed by atoms with Crippen LogP contribution in [-0.4, -0.2) is 31.3 Å². The van der Waals surface area contributed by atoms with E-state index >= 15 is 0 Å². The van der Waals surface area contributed by atoms with Gasteiger partial charge in [-0.05, 0) is 33.2 Å². The Kier molecular flexibility index (Phi) is 6.54. The molecule has 0 aromatic heterocycles. The highest BCUT2D eigenvalue weighted by molar-refractivity contribution is 8.03. The van der Waals surface area contributed by atoms with Crippen LogP contribution in [-0.2, 0) is 0 Å². The standard InChI is InChI=1S/C9H19N3S/c1-8(10)4-5-9(11)13-7-6-12(2)3/h4-5H,6-7,10-11H2,1-3H3/b8-4-,9-5+. The number of rotatable bonds is 5. The second-order valence-electron chi connectivity index (χ2n) is 3.13. The van der Waals surface area contributed by atoms with Gasteiger partial charge in [-0.25, -0.2) is 0 Å². The highest BCUT2D eigenvalue weighted by Gasteiger charge is 1.92. The van der Waals surface area contributed by atoms with Crippen molar-refractivity contribution < 1.29 is 0 Å². The fourth-order valence-electron chi connectivity index (χ4n) is 0.608. The van der Waals surface area contributed by atoms with E-state index in [-0.39, 0.29) is 0 Å². The van der Waals surface area contributed by atoms with Crippen LogP contribution in [0, 0.1) is 0 Å². The van der Waals surface area contributed by atoms with Gasteiger partial charge in [0, 0.05) is 18.0 Å². The second kappa shape index (κ2) is 6.86. The summed E-state index contributed by atoms with van der Waals surface area (Å²) in [6.45, 7) is 2.87. The predicted molar refractivity (Wildman–Crippen MR) is 61.2 cm³/mol. The summed E-state index contributed by atoms with van der Waals surface area (Å²) < 4.78 is 0. The maximum absolute atomic E-state index is 5.71. The van der Waals surface area contributed by atoms with E-state index in [9.17, 15) is 0 Å². The Labute approximate surface area is 84.8 Å². The summed E-state index contributed by atoms with van der Waals surface area (Å²) in [4.78, 5) is 2.13. The van der Waals surface area contributed by atoms with Gasteiger partial charge in [-0.2, -0.15) is 0 Å². The first-order chi connectivity index (χ1) is 6.02. The summed E-state index contributed by atoms with van der Waals surface area (Å²) in [5.41, 5.74) is 11.9. The minimum Gasteiger partial charge on any atom is -0.402 e. The van der Waals surface area contributed by atoms with Crippen molar-refractivity contribution >= 4 is 11.8 Å². The van der Waals surface area contributed by atoms with Gasteiger partial charge in [0.05, 0.1) is 5.03 Å². The lowest BCUT2D eigenvalue weighted by molar-refractivity contribution is 0.437. The van der Waals surface area contributed by atoms with Crippen LogP contribution in [0.25, 0.3) is 0 Å². The molecule has 0 radical (unpaired) electrons. The molecule has 0 saturated heterocycles. The first-order valence-electron chi connectivity index (χ1n) is 4.19. The highest BCUT2D eigenvalue weighted by atomic mass is 32.2. The molecule has 0 aliphatic heterocycles. The van der Waals surface area contributed by atoms with Crippen LogP contribution in [0.5, 0.6) is 0 Å². The second-order valence-corrected chi connectivity index (χ2v) is 4.30. The van der Waals surface area contributed by atoms with Crippen LogP contribution in [0.1, 0.15) is 6.92 Å². The van der Waals surface area contributed by atoms with Gasteiger partial charge in [0.25, 0.3) is 0 Å². The van der Waals surface area contributed by atoms with Crippen LogP contribution in [0.15, 0.2) is 22.9 Å². The Morgan fingerprint density at radius 1 is 1.31 bits per heavy atom. The van der Waals surface area contributed by atoms with Crippen LogP contribution >= 0.6 is 11.8 Å². The average Bonchev–Trinajstić information content (AvgIpc) is 2.00. The number of allylic oxidation sites excluding steroid dienone is 3. The zero-order chi connectivity index (χ0) is 10.3. The zero-order valence-electron chi connectivity index (χ0n) is 8.58. The number of nitrogens with two attached hydrogens (primary N) is 2. The maximum Gasteiger partial charge on any atom is 0.0656 e. The Morgan fingerprint density at radius 2 is 1.92 bits per heavy atom. The molecule has 0 aromatic carbocycles. The normalized spacial score (nSPS) is 13.8. The fraction of sp³-hybridized carbons (Fsp3) is 0.556. The maximum atomic E-state index is 5.71. The SMILES string of the molecule is C/C(N)=C/C=C(\N)SCCN(C)C. The first-order valence-corrected chi connectivity index (χ1v) is 5.18. The van der Waals surface area contributed by atoms with Crippen molar-refractivity contribution in [2.45, 2.75) is 6.92 Å². The van der Waals surface area contributed by atoms with Gasteiger partial charge in [0.15, 0.2) is 0 Å². The minimum absolute atomic E-state index is 0.774. The van der Waals surface area contributed by atoms with Crippen LogP contribution in [0.3, 0.4) is 0 Å². The Balaban J connectivity index is 3.68. The van der Waals surface area contributed by atoms with E-state index < -0.39 is 0 Å². The lowest BCUT2D eigenvalue weighted by Crippen LogP contribution is -2.15. The van der Waals surface area contributed by atoms with Gasteiger partial charge in [-0.3, -0.25) is 0 Å². The molecule has 4 heteroatoms. The largest absolute Gasteiger partial charge is 0.402 e. The molecule has 0 aliphatic rings. The third-order valence-corrected chi connectivity index (χ3v) is 2.17. The number of nitrogens with zero attached hydrogens (tertiary/aromatic N) is 1. The topological polar surface area (TPSA) is 55.3 Å². The molecule has 76 valence electrons. The Bertz CT molecular complexity index is 193. The van der Waals surface area contributed by atoms with Crippen LogP contribution in [0.4, 0.5) is 0 Å². The predicted octanol–water partition coefficient (Wildman–Crippen LogP) is 0.944. The van der Waals surface area contributed by atoms with Crippen molar-refractivity contribution in [1.29, 1.82) is 0 Å². The molecule has 0 amide bonds. The lowest BCUT2D eigenvalue weighted by atomic mass is 10.4. The Hall–Kier alpha value is -0.610. The molecule has 13 heavy (non-hydrogen) atoms. The highest BCUT2D eigenvalue weighted by Crippen LogP contribution is 2.09. The number of hydrogen-bond donors (Lipinski definition) is 2. The molecule has 0 unspecified atom stereocenters. The summed E-state index contributed by atoms with van der Waals surface area (Å²) >= 11 is 1.64. The van der Waals surface area contributed by atoms with Gasteiger partial charge in [0.1, 0.15) is 0 Å². The van der Waals surface area contributed by atoms with E-state index in [0.717, 1.165) is 23.0 Å². The fourth-order valence-corrected chi connectivity index (χ4v) is 1.46. The molecule has 0 rings (SSSR count). The van der Waals surface area contributed by atoms with E-state index in [2.05, 4.69) is 4.90 Å². The molecule has 0 saturated carbocycles. The van der Waals surface area contributed by atoms with Gasteiger partial charge < -0.3 is 16.4 Å². The minimum atomic E-state index is 0.774. The molecule has 0 bridgehead atoms. The smallest absolute Gasteiger partial charge is 0.0656 e. The molecule has 0 fully saturated rings. The molecule has 0 heterocycles. The zero-order valence-corrected chi connectivity index (χ0v) is 9.40. The van der Waals surface area contributed by atoms with Crippen molar-refractivity contribution in [3.63, 3.8) is 0 Å². The summed E-state index contributed by atoms with van der Waals surface area (Å²) in [5.74, 6) is 1.01. The van der Waals surface area contributed by atoms with Crippen molar-refractivity contribution in [3.05, 3.63) is 22.9 Å². The quantitative estimate of drug-likeness (QED) is 0.650. The van der Waals surface area contributed by atoms with Crippen molar-refractivity contribution in [2.24, 2.45) is 11.5 Å². The van der Waals surface area contributed by atoms with Crippen molar-refractivity contribution in [3.8, 4) is 0 Å². The summed E-state index contributed by atoms with van der Waals surface area (Å²) in [7, 11) is 4.09. The lowest BCUT2D eigenvalue weighted by Gasteiger charge is -2.08. The molecule has 0 spiro atoms. The molecular weight excluding hydrogens is 182 g/mol. The van der Waals surface area contributed by atoms with E-state index in [4.69, 9.17) is 11.5 Å². The summed E-state index contributed by atoms with van der Waals surface area (Å²) in [6.07, 6.45) is 3.66. The molecule has 0 aromatic rings. The van der Waals surface area contributed by atoms with Crippen LogP contribution < -0.4 is 11.5 Å². The van der Waals surface area contributed by atoms with Crippen molar-refractivity contribution in [1.82, 2.24) is 4.90 Å². The van der Waals surface area contributed by atoms with Gasteiger partial charge in [-0.1, -0.05) is 0 Å². The van der Waals surface area contributed by atoms with E-state index in [1.807, 2.05) is 33.2 Å². The summed E-state index contributed by atoms with van der Waals surface area (Å²) in [5, 5.41) is 0.812. The van der Waals surface area contributed by atoms with Crippen LogP contribution in [0.2, 0.25) is 0 Å². The molecular formula is C9H19N3S. The third kappa shape index (κ3) is 9.30. The monoisotopic (exact) mass is 201 g/mol. The van der Waals surface area contributed by atoms with Gasteiger partial charge in [-0.15, -0.1) is 11.8 Å². The Morgan fingerprint density at radius 3 is 2.38 bits per heavy atom. The van der Waals surface area contributed by atoms with E-state index in [1.165, 1.54) is 0 Å². The van der Waals surface area contributed by atoms with Gasteiger partial charge in [0.2, 0.25) is 0 Å². The van der Waals surface area contributed by atoms with E-state index in [0.29, 0.717) is 0 Å². The molecule has 0 atom stereocenters. The number of hydrogen-bond acceptors (Lipinski definition) is 4. The third-order valence-electron chi connectivity index (χ3n) is 1.32. The molecule has 3 nitrogen and oxygen atoms in total. The number of thioether (sulfide) groups is 1. The van der Waals surface area contributed by atoms with E-state index in [1.54, 1.807) is 11.8 Å².